The first-order valence-electron chi connectivity index (χ1n) is 9.99. The van der Waals surface area contributed by atoms with E-state index >= 15 is 0 Å². The summed E-state index contributed by atoms with van der Waals surface area (Å²) in [6, 6.07) is 26.0. The number of oxazole rings is 2. The van der Waals surface area contributed by atoms with Gasteiger partial charge in [-0.1, -0.05) is 72.8 Å². The highest BCUT2D eigenvalue weighted by Crippen LogP contribution is 2.43. The van der Waals surface area contributed by atoms with E-state index < -0.39 is 5.41 Å². The summed E-state index contributed by atoms with van der Waals surface area (Å²) >= 11 is 0. The number of rotatable bonds is 3. The molecule has 4 heteroatoms. The molecule has 6 rings (SSSR count). The van der Waals surface area contributed by atoms with Gasteiger partial charge in [-0.3, -0.25) is 0 Å². The minimum absolute atomic E-state index is 0.592. The maximum absolute atomic E-state index is 6.21. The molecule has 30 heavy (non-hydrogen) atoms. The molecule has 4 nitrogen and oxygen atoms in total. The van der Waals surface area contributed by atoms with Gasteiger partial charge < -0.3 is 8.83 Å². The van der Waals surface area contributed by atoms with Gasteiger partial charge in [0.05, 0.1) is 0 Å². The molecule has 0 spiro atoms. The highest BCUT2D eigenvalue weighted by molar-refractivity contribution is 5.78. The zero-order chi connectivity index (χ0) is 20.0. The smallest absolute Gasteiger partial charge is 0.215 e. The molecule has 1 aliphatic rings. The minimum atomic E-state index is -0.698. The summed E-state index contributed by atoms with van der Waals surface area (Å²) in [5.41, 5.74) is 4.82. The number of fused-ring (bicyclic) bond motifs is 2. The van der Waals surface area contributed by atoms with Gasteiger partial charge in [-0.25, -0.2) is 9.97 Å². The van der Waals surface area contributed by atoms with Crippen LogP contribution in [0.25, 0.3) is 27.8 Å². The fourth-order valence-electron chi connectivity index (χ4n) is 4.02. The fourth-order valence-corrected chi connectivity index (χ4v) is 4.02. The van der Waals surface area contributed by atoms with Gasteiger partial charge in [-0.05, 0) is 41.8 Å². The number of hydrogen-bond acceptors (Lipinski definition) is 4. The van der Waals surface area contributed by atoms with E-state index in [2.05, 4.69) is 30.4 Å². The van der Waals surface area contributed by atoms with Crippen molar-refractivity contribution in [1.82, 2.24) is 9.97 Å². The van der Waals surface area contributed by atoms with Crippen molar-refractivity contribution in [2.45, 2.75) is 11.8 Å². The maximum Gasteiger partial charge on any atom is 0.215 e. The van der Waals surface area contributed by atoms with Crippen LogP contribution in [-0.2, 0) is 5.41 Å². The monoisotopic (exact) mass is 390 g/mol. The molecule has 144 valence electrons. The van der Waals surface area contributed by atoms with Crippen LogP contribution in [0.4, 0.5) is 0 Å². The lowest BCUT2D eigenvalue weighted by Gasteiger charge is -2.26. The Morgan fingerprint density at radius 3 is 1.77 bits per heavy atom. The van der Waals surface area contributed by atoms with E-state index in [9.17, 15) is 0 Å². The molecule has 0 saturated heterocycles. The van der Waals surface area contributed by atoms with Crippen molar-refractivity contribution in [2.75, 3.05) is 0 Å². The van der Waals surface area contributed by atoms with E-state index in [1.165, 1.54) is 11.1 Å². The predicted octanol–water partition coefficient (Wildman–Crippen LogP) is 6.30. The van der Waals surface area contributed by atoms with Crippen LogP contribution in [0, 0.1) is 0 Å². The van der Waals surface area contributed by atoms with Gasteiger partial charge in [0.25, 0.3) is 0 Å². The number of benzene rings is 3. The Labute approximate surface area is 173 Å². The molecular formula is C26H18N2O2. The zero-order valence-electron chi connectivity index (χ0n) is 16.2. The van der Waals surface area contributed by atoms with E-state index in [1.807, 2.05) is 66.7 Å². The van der Waals surface area contributed by atoms with E-state index in [4.69, 9.17) is 18.8 Å². The normalized spacial score (nSPS) is 15.5. The molecule has 0 bridgehead atoms. The van der Waals surface area contributed by atoms with Crippen LogP contribution in [0.3, 0.4) is 0 Å². The third kappa shape index (κ3) is 2.61. The first kappa shape index (κ1) is 17.0. The number of para-hydroxylation sites is 4. The van der Waals surface area contributed by atoms with Crippen LogP contribution in [0.5, 0.6) is 0 Å². The molecular weight excluding hydrogens is 372 g/mol. The quantitative estimate of drug-likeness (QED) is 0.363. The number of aromatic nitrogens is 2. The summed E-state index contributed by atoms with van der Waals surface area (Å²) in [4.78, 5) is 9.61. The molecule has 1 aliphatic carbocycles. The van der Waals surface area contributed by atoms with Crippen LogP contribution < -0.4 is 0 Å². The molecule has 0 saturated carbocycles. The average Bonchev–Trinajstić information content (AvgIpc) is 3.44. The van der Waals surface area contributed by atoms with E-state index in [-0.39, 0.29) is 0 Å². The number of hydrogen-bond donors (Lipinski definition) is 0. The Balaban J connectivity index is 1.53. The Morgan fingerprint density at radius 2 is 1.23 bits per heavy atom. The molecule has 3 aromatic carbocycles. The van der Waals surface area contributed by atoms with E-state index in [0.29, 0.717) is 18.2 Å². The highest BCUT2D eigenvalue weighted by Gasteiger charge is 2.42. The van der Waals surface area contributed by atoms with Crippen molar-refractivity contribution < 1.29 is 8.83 Å². The Hall–Kier alpha value is -3.92. The van der Waals surface area contributed by atoms with Gasteiger partial charge in [0.2, 0.25) is 11.8 Å². The second kappa shape index (κ2) is 6.56. The molecule has 2 heterocycles. The zero-order valence-corrected chi connectivity index (χ0v) is 16.2. The van der Waals surface area contributed by atoms with Crippen molar-refractivity contribution in [3.05, 3.63) is 114 Å². The number of nitrogens with zero attached hydrogens (tertiary/aromatic N) is 2. The molecule has 0 N–H and O–H groups in total. The van der Waals surface area contributed by atoms with Crippen LogP contribution in [-0.4, -0.2) is 9.97 Å². The summed E-state index contributed by atoms with van der Waals surface area (Å²) in [5.74, 6) is 1.18. The third-order valence-electron chi connectivity index (χ3n) is 5.65. The van der Waals surface area contributed by atoms with Gasteiger partial charge in [-0.15, -0.1) is 0 Å². The summed E-state index contributed by atoms with van der Waals surface area (Å²) in [6.45, 7) is 0. The maximum atomic E-state index is 6.21. The largest absolute Gasteiger partial charge is 0.439 e. The summed E-state index contributed by atoms with van der Waals surface area (Å²) < 4.78 is 12.4. The van der Waals surface area contributed by atoms with Gasteiger partial charge in [0.1, 0.15) is 16.4 Å². The lowest BCUT2D eigenvalue weighted by Crippen LogP contribution is -2.27. The van der Waals surface area contributed by atoms with Gasteiger partial charge in [0, 0.05) is 0 Å². The van der Waals surface area contributed by atoms with Crippen molar-refractivity contribution in [1.29, 1.82) is 0 Å². The van der Waals surface area contributed by atoms with E-state index in [0.717, 1.165) is 22.2 Å². The van der Waals surface area contributed by atoms with Crippen molar-refractivity contribution >= 4 is 27.8 Å². The molecule has 0 amide bonds. The highest BCUT2D eigenvalue weighted by atomic mass is 16.4. The van der Waals surface area contributed by atoms with Crippen LogP contribution in [0.2, 0.25) is 0 Å². The first-order valence-corrected chi connectivity index (χ1v) is 9.99. The van der Waals surface area contributed by atoms with Crippen molar-refractivity contribution in [3.8, 4) is 0 Å². The topological polar surface area (TPSA) is 52.1 Å². The molecule has 2 aromatic heterocycles. The summed E-state index contributed by atoms with van der Waals surface area (Å²) in [5, 5.41) is 0. The van der Waals surface area contributed by atoms with Crippen LogP contribution in [0.1, 0.15) is 23.8 Å². The van der Waals surface area contributed by atoms with Crippen molar-refractivity contribution in [3.63, 3.8) is 0 Å². The summed E-state index contributed by atoms with van der Waals surface area (Å²) in [6.07, 6.45) is 7.08. The van der Waals surface area contributed by atoms with Gasteiger partial charge >= 0.3 is 0 Å². The molecule has 0 fully saturated rings. The standard InChI is InChI=1S/C26H18N2O2/c1-2-8-18(9-3-1)19-14-16-26(17-15-19,24-27-20-10-4-6-12-22(20)29-24)25-28-21-11-5-7-13-23(21)30-25/h1-16H,17H2. The summed E-state index contributed by atoms with van der Waals surface area (Å²) in [7, 11) is 0. The van der Waals surface area contributed by atoms with Gasteiger partial charge in [0.15, 0.2) is 11.2 Å². The second-order valence-electron chi connectivity index (χ2n) is 7.51. The SMILES string of the molecule is C1=CC(c2nc3ccccc3o2)(c2nc3ccccc3o2)CC=C1c1ccccc1. The van der Waals surface area contributed by atoms with Crippen molar-refractivity contribution in [2.24, 2.45) is 0 Å². The molecule has 0 aliphatic heterocycles. The fraction of sp³-hybridized carbons (Fsp3) is 0.0769. The lowest BCUT2D eigenvalue weighted by molar-refractivity contribution is 0.369. The molecule has 0 unspecified atom stereocenters. The van der Waals surface area contributed by atoms with Crippen LogP contribution >= 0.6 is 0 Å². The van der Waals surface area contributed by atoms with E-state index in [1.54, 1.807) is 0 Å². The Morgan fingerprint density at radius 1 is 0.667 bits per heavy atom. The van der Waals surface area contributed by atoms with Crippen LogP contribution in [0.15, 0.2) is 106 Å². The Kier molecular flexibility index (Phi) is 3.71. The number of allylic oxidation sites excluding steroid dienone is 4. The minimum Gasteiger partial charge on any atom is -0.439 e. The average molecular weight is 390 g/mol. The molecule has 0 radical (unpaired) electrons. The second-order valence-corrected chi connectivity index (χ2v) is 7.51. The Bertz CT molecular complexity index is 1280. The molecule has 5 aromatic rings. The third-order valence-corrected chi connectivity index (χ3v) is 5.65. The first-order chi connectivity index (χ1) is 14.8. The lowest BCUT2D eigenvalue weighted by atomic mass is 9.78. The predicted molar refractivity (Wildman–Crippen MR) is 117 cm³/mol. The molecule has 0 atom stereocenters. The van der Waals surface area contributed by atoms with Gasteiger partial charge in [-0.2, -0.15) is 0 Å².